The van der Waals surface area contributed by atoms with Crippen molar-refractivity contribution in [2.75, 3.05) is 0 Å². The van der Waals surface area contributed by atoms with Gasteiger partial charge >= 0.3 is 5.97 Å². The quantitative estimate of drug-likeness (QED) is 0.764. The number of aliphatic carboxylic acids is 1. The summed E-state index contributed by atoms with van der Waals surface area (Å²) in [7, 11) is -2.26. The first-order valence-electron chi connectivity index (χ1n) is 4.98. The van der Waals surface area contributed by atoms with Crippen LogP contribution in [0.5, 0.6) is 0 Å². The summed E-state index contributed by atoms with van der Waals surface area (Å²) in [5.41, 5.74) is 0. The first kappa shape index (κ1) is 13.7. The highest BCUT2D eigenvalue weighted by Gasteiger charge is 2.28. The SMILES string of the molecule is CC(C)[C@@H](NS(=O)(=O)c1cnn(C)c1)C(=O)O. The van der Waals surface area contributed by atoms with E-state index in [0.717, 1.165) is 0 Å². The number of carboxylic acid groups (broad SMARTS) is 1. The van der Waals surface area contributed by atoms with Crippen LogP contribution in [0, 0.1) is 5.92 Å². The number of carboxylic acids is 1. The zero-order valence-electron chi connectivity index (χ0n) is 9.78. The molecule has 7 nitrogen and oxygen atoms in total. The van der Waals surface area contributed by atoms with Crippen LogP contribution in [0.2, 0.25) is 0 Å². The molecule has 0 saturated carbocycles. The molecule has 1 heterocycles. The molecular formula is C9H15N3O4S. The molecule has 2 N–H and O–H groups in total. The van der Waals surface area contributed by atoms with E-state index in [1.165, 1.54) is 17.1 Å². The standard InChI is InChI=1S/C9H15N3O4S/c1-6(2)8(9(13)14)11-17(15,16)7-4-10-12(3)5-7/h4-6,8,11H,1-3H3,(H,13,14)/t8-/m1/s1. The van der Waals surface area contributed by atoms with E-state index >= 15 is 0 Å². The van der Waals surface area contributed by atoms with Crippen molar-refractivity contribution in [2.45, 2.75) is 24.8 Å². The molecule has 17 heavy (non-hydrogen) atoms. The smallest absolute Gasteiger partial charge is 0.322 e. The molecule has 0 radical (unpaired) electrons. The molecule has 0 saturated heterocycles. The van der Waals surface area contributed by atoms with Crippen molar-refractivity contribution in [3.63, 3.8) is 0 Å². The molecule has 0 aliphatic carbocycles. The van der Waals surface area contributed by atoms with Crippen molar-refractivity contribution in [1.29, 1.82) is 0 Å². The topological polar surface area (TPSA) is 101 Å². The van der Waals surface area contributed by atoms with Gasteiger partial charge in [-0.3, -0.25) is 9.48 Å². The molecule has 1 aromatic heterocycles. The van der Waals surface area contributed by atoms with Crippen LogP contribution in [0.3, 0.4) is 0 Å². The van der Waals surface area contributed by atoms with Crippen molar-refractivity contribution in [3.05, 3.63) is 12.4 Å². The van der Waals surface area contributed by atoms with Crippen molar-refractivity contribution >= 4 is 16.0 Å². The highest BCUT2D eigenvalue weighted by Crippen LogP contribution is 2.10. The Labute approximate surface area is 99.5 Å². The van der Waals surface area contributed by atoms with Crippen LogP contribution < -0.4 is 4.72 Å². The van der Waals surface area contributed by atoms with E-state index < -0.39 is 22.0 Å². The summed E-state index contributed by atoms with van der Waals surface area (Å²) in [4.78, 5) is 10.9. The highest BCUT2D eigenvalue weighted by atomic mass is 32.2. The Kier molecular flexibility index (Phi) is 3.89. The number of carbonyl (C=O) groups is 1. The van der Waals surface area contributed by atoms with Crippen molar-refractivity contribution in [3.8, 4) is 0 Å². The van der Waals surface area contributed by atoms with Gasteiger partial charge < -0.3 is 5.11 Å². The van der Waals surface area contributed by atoms with Crippen molar-refractivity contribution < 1.29 is 18.3 Å². The minimum absolute atomic E-state index is 0.0492. The van der Waals surface area contributed by atoms with Gasteiger partial charge in [-0.1, -0.05) is 13.8 Å². The van der Waals surface area contributed by atoms with Crippen LogP contribution in [-0.2, 0) is 21.9 Å². The molecule has 0 unspecified atom stereocenters. The summed E-state index contributed by atoms with van der Waals surface area (Å²) in [5.74, 6) is -1.55. The molecule has 8 heteroatoms. The minimum Gasteiger partial charge on any atom is -0.480 e. The number of hydrogen-bond acceptors (Lipinski definition) is 4. The maximum absolute atomic E-state index is 11.8. The second kappa shape index (κ2) is 4.84. The van der Waals surface area contributed by atoms with E-state index in [9.17, 15) is 13.2 Å². The fourth-order valence-electron chi connectivity index (χ4n) is 1.24. The zero-order chi connectivity index (χ0) is 13.2. The normalized spacial score (nSPS) is 13.9. The van der Waals surface area contributed by atoms with Gasteiger partial charge in [-0.2, -0.15) is 9.82 Å². The van der Waals surface area contributed by atoms with Gasteiger partial charge in [0.05, 0.1) is 6.20 Å². The average Bonchev–Trinajstić information content (AvgIpc) is 2.61. The molecule has 0 bridgehead atoms. The number of aromatic nitrogens is 2. The summed E-state index contributed by atoms with van der Waals surface area (Å²) in [6.07, 6.45) is 2.48. The molecule has 0 spiro atoms. The van der Waals surface area contributed by atoms with Gasteiger partial charge in [-0.25, -0.2) is 8.42 Å². The van der Waals surface area contributed by atoms with E-state index in [2.05, 4.69) is 9.82 Å². The molecule has 1 atom stereocenters. The summed E-state index contributed by atoms with van der Waals surface area (Å²) in [6, 6.07) is -1.15. The Morgan fingerprint density at radius 2 is 2.12 bits per heavy atom. The lowest BCUT2D eigenvalue weighted by Crippen LogP contribution is -2.44. The lowest BCUT2D eigenvalue weighted by Gasteiger charge is -2.17. The second-order valence-corrected chi connectivity index (χ2v) is 5.74. The molecule has 96 valence electrons. The number of nitrogens with zero attached hydrogens (tertiary/aromatic N) is 2. The van der Waals surface area contributed by atoms with Crippen molar-refractivity contribution in [2.24, 2.45) is 13.0 Å². The second-order valence-electron chi connectivity index (χ2n) is 4.03. The Bertz CT molecular complexity index is 506. The third-order valence-corrected chi connectivity index (χ3v) is 3.60. The monoisotopic (exact) mass is 261 g/mol. The van der Waals surface area contributed by atoms with E-state index in [0.29, 0.717) is 0 Å². The molecule has 0 amide bonds. The molecule has 1 rings (SSSR count). The van der Waals surface area contributed by atoms with Crippen LogP contribution >= 0.6 is 0 Å². The number of rotatable bonds is 5. The molecular weight excluding hydrogens is 246 g/mol. The van der Waals surface area contributed by atoms with E-state index in [4.69, 9.17) is 5.11 Å². The lowest BCUT2D eigenvalue weighted by atomic mass is 10.1. The maximum Gasteiger partial charge on any atom is 0.322 e. The van der Waals surface area contributed by atoms with E-state index in [1.54, 1.807) is 20.9 Å². The molecule has 0 fully saturated rings. The summed E-state index contributed by atoms with van der Waals surface area (Å²) in [6.45, 7) is 3.26. The molecule has 0 aliphatic heterocycles. The van der Waals surface area contributed by atoms with Crippen LogP contribution in [-0.4, -0.2) is 35.3 Å². The van der Waals surface area contributed by atoms with Gasteiger partial charge in [0.1, 0.15) is 10.9 Å². The van der Waals surface area contributed by atoms with Crippen LogP contribution in [0.1, 0.15) is 13.8 Å². The van der Waals surface area contributed by atoms with Crippen LogP contribution in [0.25, 0.3) is 0 Å². The van der Waals surface area contributed by atoms with Gasteiger partial charge in [-0.15, -0.1) is 0 Å². The fourth-order valence-corrected chi connectivity index (χ4v) is 2.56. The molecule has 0 aliphatic rings. The summed E-state index contributed by atoms with van der Waals surface area (Å²) >= 11 is 0. The van der Waals surface area contributed by atoms with Gasteiger partial charge in [0.2, 0.25) is 10.0 Å². The van der Waals surface area contributed by atoms with E-state index in [1.807, 2.05) is 0 Å². The number of hydrogen-bond donors (Lipinski definition) is 2. The van der Waals surface area contributed by atoms with Gasteiger partial charge in [0, 0.05) is 13.2 Å². The van der Waals surface area contributed by atoms with Gasteiger partial charge in [0.15, 0.2) is 0 Å². The third-order valence-electron chi connectivity index (χ3n) is 2.21. The van der Waals surface area contributed by atoms with Crippen molar-refractivity contribution in [1.82, 2.24) is 14.5 Å². The number of nitrogens with one attached hydrogen (secondary N) is 1. The van der Waals surface area contributed by atoms with Crippen LogP contribution in [0.15, 0.2) is 17.3 Å². The van der Waals surface area contributed by atoms with E-state index in [-0.39, 0.29) is 10.8 Å². The molecule has 0 aromatic carbocycles. The summed E-state index contributed by atoms with van der Waals surface area (Å²) in [5, 5.41) is 12.6. The fraction of sp³-hybridized carbons (Fsp3) is 0.556. The Hall–Kier alpha value is -1.41. The highest BCUT2D eigenvalue weighted by molar-refractivity contribution is 7.89. The van der Waals surface area contributed by atoms with Crippen LogP contribution in [0.4, 0.5) is 0 Å². The first-order chi connectivity index (χ1) is 7.74. The maximum atomic E-state index is 11.8. The Morgan fingerprint density at radius 3 is 2.47 bits per heavy atom. The minimum atomic E-state index is -3.84. The summed E-state index contributed by atoms with van der Waals surface area (Å²) < 4.78 is 27.1. The number of sulfonamides is 1. The largest absolute Gasteiger partial charge is 0.480 e. The molecule has 1 aromatic rings. The Morgan fingerprint density at radius 1 is 1.53 bits per heavy atom. The number of aryl methyl sites for hydroxylation is 1. The van der Waals surface area contributed by atoms with Gasteiger partial charge in [0.25, 0.3) is 0 Å². The van der Waals surface area contributed by atoms with Gasteiger partial charge in [-0.05, 0) is 5.92 Å². The Balaban J connectivity index is 2.97. The third kappa shape index (κ3) is 3.27. The first-order valence-corrected chi connectivity index (χ1v) is 6.46. The predicted octanol–water partition coefficient (Wildman–Crippen LogP) is -0.192. The predicted molar refractivity (Wildman–Crippen MR) is 59.8 cm³/mol. The average molecular weight is 261 g/mol. The zero-order valence-corrected chi connectivity index (χ0v) is 10.6. The lowest BCUT2D eigenvalue weighted by molar-refractivity contribution is -0.140.